The van der Waals surface area contributed by atoms with Gasteiger partial charge in [0.25, 0.3) is 5.91 Å². The summed E-state index contributed by atoms with van der Waals surface area (Å²) in [5.41, 5.74) is 3.26. The fourth-order valence-corrected chi connectivity index (χ4v) is 4.57. The van der Waals surface area contributed by atoms with Gasteiger partial charge in [-0.2, -0.15) is 5.26 Å². The van der Waals surface area contributed by atoms with E-state index in [2.05, 4.69) is 11.4 Å². The third kappa shape index (κ3) is 3.39. The minimum Gasteiger partial charge on any atom is -0.322 e. The smallest absolute Gasteiger partial charge is 0.255 e. The SMILES string of the molecule is N#Cc1ccc(CSc2cccc3c2CN(C2CCC(=O)NC2=O)C3=O)cc1. The monoisotopic (exact) mass is 391 g/mol. The van der Waals surface area contributed by atoms with Crippen LogP contribution >= 0.6 is 11.8 Å². The summed E-state index contributed by atoms with van der Waals surface area (Å²) in [5, 5.41) is 11.2. The lowest BCUT2D eigenvalue weighted by molar-refractivity contribution is -0.136. The van der Waals surface area contributed by atoms with Gasteiger partial charge in [0.05, 0.1) is 11.6 Å². The van der Waals surface area contributed by atoms with Gasteiger partial charge in [-0.25, -0.2) is 0 Å². The highest BCUT2D eigenvalue weighted by molar-refractivity contribution is 7.98. The minimum absolute atomic E-state index is 0.162. The van der Waals surface area contributed by atoms with E-state index < -0.39 is 11.9 Å². The molecule has 140 valence electrons. The number of carbonyl (C=O) groups is 3. The van der Waals surface area contributed by atoms with Crippen molar-refractivity contribution in [1.29, 1.82) is 5.26 Å². The van der Waals surface area contributed by atoms with Crippen molar-refractivity contribution in [3.8, 4) is 6.07 Å². The molecule has 2 aromatic rings. The highest BCUT2D eigenvalue weighted by atomic mass is 32.2. The van der Waals surface area contributed by atoms with E-state index in [1.165, 1.54) is 0 Å². The molecule has 2 aliphatic rings. The Morgan fingerprint density at radius 3 is 2.64 bits per heavy atom. The Labute approximate surface area is 166 Å². The molecule has 0 bridgehead atoms. The van der Waals surface area contributed by atoms with Gasteiger partial charge < -0.3 is 4.90 Å². The molecule has 7 heteroatoms. The van der Waals surface area contributed by atoms with Gasteiger partial charge in [-0.15, -0.1) is 11.8 Å². The quantitative estimate of drug-likeness (QED) is 0.639. The summed E-state index contributed by atoms with van der Waals surface area (Å²) in [6.45, 7) is 0.372. The molecule has 3 amide bonds. The lowest BCUT2D eigenvalue weighted by Crippen LogP contribution is -2.52. The molecule has 28 heavy (non-hydrogen) atoms. The standard InChI is InChI=1S/C21H17N3O3S/c22-10-13-4-6-14(7-5-13)12-28-18-3-1-2-15-16(18)11-24(21(15)27)17-8-9-19(25)23-20(17)26/h1-7,17H,8-9,11-12H2,(H,23,25,26). The summed E-state index contributed by atoms with van der Waals surface area (Å²) < 4.78 is 0. The van der Waals surface area contributed by atoms with Crippen LogP contribution in [0, 0.1) is 11.3 Å². The van der Waals surface area contributed by atoms with Crippen LogP contribution in [-0.2, 0) is 21.9 Å². The molecule has 2 aromatic carbocycles. The molecule has 0 radical (unpaired) electrons. The minimum atomic E-state index is -0.603. The van der Waals surface area contributed by atoms with Gasteiger partial charge in [-0.05, 0) is 41.8 Å². The van der Waals surface area contributed by atoms with E-state index in [1.807, 2.05) is 24.3 Å². The Balaban J connectivity index is 1.51. The van der Waals surface area contributed by atoms with Crippen LogP contribution in [0.15, 0.2) is 47.4 Å². The molecule has 1 N–H and O–H groups in total. The summed E-state index contributed by atoms with van der Waals surface area (Å²) in [6, 6.07) is 14.6. The first-order valence-electron chi connectivity index (χ1n) is 8.95. The summed E-state index contributed by atoms with van der Waals surface area (Å²) in [5.74, 6) is -0.131. The zero-order chi connectivity index (χ0) is 19.7. The number of hydrogen-bond donors (Lipinski definition) is 1. The number of nitrogens with zero attached hydrogens (tertiary/aromatic N) is 2. The topological polar surface area (TPSA) is 90.3 Å². The first-order chi connectivity index (χ1) is 13.6. The molecular weight excluding hydrogens is 374 g/mol. The molecule has 1 unspecified atom stereocenters. The number of carbonyl (C=O) groups excluding carboxylic acids is 3. The van der Waals surface area contributed by atoms with Crippen molar-refractivity contribution >= 4 is 29.5 Å². The Hall–Kier alpha value is -3.11. The normalized spacial score (nSPS) is 18.6. The Bertz CT molecular complexity index is 1010. The summed E-state index contributed by atoms with van der Waals surface area (Å²) >= 11 is 1.63. The Morgan fingerprint density at radius 2 is 1.93 bits per heavy atom. The van der Waals surface area contributed by atoms with E-state index >= 15 is 0 Å². The van der Waals surface area contributed by atoms with Crippen LogP contribution in [-0.4, -0.2) is 28.7 Å². The number of hydrogen-bond acceptors (Lipinski definition) is 5. The maximum Gasteiger partial charge on any atom is 0.255 e. The summed E-state index contributed by atoms with van der Waals surface area (Å²) in [4.78, 5) is 39.0. The van der Waals surface area contributed by atoms with Crippen LogP contribution in [0.1, 0.15) is 39.9 Å². The van der Waals surface area contributed by atoms with Crippen molar-refractivity contribution in [2.45, 2.75) is 36.1 Å². The predicted molar refractivity (Wildman–Crippen MR) is 103 cm³/mol. The van der Waals surface area contributed by atoms with Gasteiger partial charge in [-0.1, -0.05) is 18.2 Å². The highest BCUT2D eigenvalue weighted by Crippen LogP contribution is 2.35. The number of imide groups is 1. The maximum atomic E-state index is 12.8. The molecule has 4 rings (SSSR count). The number of nitrogens with one attached hydrogen (secondary N) is 1. The van der Waals surface area contributed by atoms with Crippen LogP contribution in [0.4, 0.5) is 0 Å². The van der Waals surface area contributed by atoms with Crippen LogP contribution in [0.3, 0.4) is 0 Å². The number of piperidine rings is 1. The first-order valence-corrected chi connectivity index (χ1v) is 9.94. The first kappa shape index (κ1) is 18.3. The van der Waals surface area contributed by atoms with E-state index in [4.69, 9.17) is 5.26 Å². The third-order valence-electron chi connectivity index (χ3n) is 5.02. The fraction of sp³-hybridized carbons (Fsp3) is 0.238. The molecule has 0 aliphatic carbocycles. The molecule has 6 nitrogen and oxygen atoms in total. The second-order valence-electron chi connectivity index (χ2n) is 6.78. The number of benzene rings is 2. The van der Waals surface area contributed by atoms with Crippen molar-refractivity contribution in [3.05, 3.63) is 64.7 Å². The van der Waals surface area contributed by atoms with Crippen molar-refractivity contribution in [3.63, 3.8) is 0 Å². The molecule has 1 saturated heterocycles. The third-order valence-corrected chi connectivity index (χ3v) is 6.19. The lowest BCUT2D eigenvalue weighted by atomic mass is 10.0. The zero-order valence-electron chi connectivity index (χ0n) is 15.0. The number of amides is 3. The van der Waals surface area contributed by atoms with Crippen molar-refractivity contribution in [1.82, 2.24) is 10.2 Å². The van der Waals surface area contributed by atoms with Gasteiger partial charge >= 0.3 is 0 Å². The maximum absolute atomic E-state index is 12.8. The summed E-state index contributed by atoms with van der Waals surface area (Å²) in [6.07, 6.45) is 0.606. The van der Waals surface area contributed by atoms with Gasteiger partial charge in [0.2, 0.25) is 11.8 Å². The predicted octanol–water partition coefficient (Wildman–Crippen LogP) is 2.61. The van der Waals surface area contributed by atoms with Gasteiger partial charge in [-0.3, -0.25) is 19.7 Å². The molecule has 2 aliphatic heterocycles. The summed E-state index contributed by atoms with van der Waals surface area (Å²) in [7, 11) is 0. The highest BCUT2D eigenvalue weighted by Gasteiger charge is 2.39. The number of thioether (sulfide) groups is 1. The van der Waals surface area contributed by atoms with Gasteiger partial charge in [0.15, 0.2) is 0 Å². The van der Waals surface area contributed by atoms with Crippen LogP contribution < -0.4 is 5.32 Å². The Morgan fingerprint density at radius 1 is 1.14 bits per heavy atom. The number of rotatable bonds is 4. The molecule has 1 atom stereocenters. The molecule has 1 fully saturated rings. The van der Waals surface area contributed by atoms with E-state index in [9.17, 15) is 14.4 Å². The average Bonchev–Trinajstić information content (AvgIpc) is 3.04. The van der Waals surface area contributed by atoms with E-state index in [-0.39, 0.29) is 18.2 Å². The van der Waals surface area contributed by atoms with Gasteiger partial charge in [0.1, 0.15) is 6.04 Å². The van der Waals surface area contributed by atoms with Crippen molar-refractivity contribution in [2.75, 3.05) is 0 Å². The second kappa shape index (κ2) is 7.49. The number of nitriles is 1. The number of fused-ring (bicyclic) bond motifs is 1. The molecule has 2 heterocycles. The lowest BCUT2D eigenvalue weighted by Gasteiger charge is -2.29. The van der Waals surface area contributed by atoms with Gasteiger partial charge in [0, 0.05) is 29.2 Å². The van der Waals surface area contributed by atoms with Crippen LogP contribution in [0.25, 0.3) is 0 Å². The fourth-order valence-electron chi connectivity index (χ4n) is 3.53. The average molecular weight is 391 g/mol. The van der Waals surface area contributed by atoms with Crippen LogP contribution in [0.2, 0.25) is 0 Å². The molecular formula is C21H17N3O3S. The van der Waals surface area contributed by atoms with Crippen LogP contribution in [0.5, 0.6) is 0 Å². The van der Waals surface area contributed by atoms with Crippen molar-refractivity contribution < 1.29 is 14.4 Å². The molecule has 0 aromatic heterocycles. The van der Waals surface area contributed by atoms with E-state index in [1.54, 1.807) is 34.9 Å². The van der Waals surface area contributed by atoms with E-state index in [0.29, 0.717) is 24.1 Å². The second-order valence-corrected chi connectivity index (χ2v) is 7.80. The molecule has 0 saturated carbocycles. The largest absolute Gasteiger partial charge is 0.322 e. The van der Waals surface area contributed by atoms with E-state index in [0.717, 1.165) is 21.8 Å². The molecule has 0 spiro atoms. The Kier molecular flexibility index (Phi) is 4.88. The van der Waals surface area contributed by atoms with Crippen molar-refractivity contribution in [2.24, 2.45) is 0 Å². The zero-order valence-corrected chi connectivity index (χ0v) is 15.8.